The smallest absolute Gasteiger partial charge is 0.239 e. The van der Waals surface area contributed by atoms with Crippen molar-refractivity contribution in [1.29, 1.82) is 0 Å². The van der Waals surface area contributed by atoms with Crippen molar-refractivity contribution in [3.8, 4) is 0 Å². The topological polar surface area (TPSA) is 78.6 Å². The van der Waals surface area contributed by atoms with Crippen molar-refractivity contribution in [3.63, 3.8) is 0 Å². The van der Waals surface area contributed by atoms with Gasteiger partial charge in [0.1, 0.15) is 6.04 Å². The number of carbonyl (C=O) groups is 1. The normalized spacial score (nSPS) is 14.9. The highest BCUT2D eigenvalue weighted by Crippen LogP contribution is 1.92. The Kier molecular flexibility index (Phi) is 4.31. The van der Waals surface area contributed by atoms with Crippen molar-refractivity contribution in [1.82, 2.24) is 10.4 Å². The molecule has 0 heterocycles. The molecular weight excluding hydrogens is 158 g/mol. The van der Waals surface area contributed by atoms with Crippen molar-refractivity contribution < 1.29 is 9.90 Å². The predicted molar refractivity (Wildman–Crippen MR) is 45.8 cm³/mol. The lowest BCUT2D eigenvalue weighted by Crippen LogP contribution is -2.52. The predicted octanol–water partition coefficient (Wildman–Crippen LogP) is -1.20. The molecule has 0 rings (SSSR count). The third-order valence-corrected chi connectivity index (χ3v) is 1.41. The molecule has 2 atom stereocenters. The molecule has 0 aromatic rings. The number of hydrogen-bond acceptors (Lipinski definition) is 4. The molecular formula is C7H15N3O2. The van der Waals surface area contributed by atoms with Crippen LogP contribution < -0.4 is 11.2 Å². The fourth-order valence-corrected chi connectivity index (χ4v) is 0.681. The van der Waals surface area contributed by atoms with Crippen LogP contribution in [-0.2, 0) is 4.79 Å². The maximum absolute atomic E-state index is 10.7. The van der Waals surface area contributed by atoms with Crippen molar-refractivity contribution >= 4 is 5.91 Å². The Labute approximate surface area is 71.8 Å². The average molecular weight is 173 g/mol. The van der Waals surface area contributed by atoms with Crippen molar-refractivity contribution in [2.75, 3.05) is 7.05 Å². The number of amides is 1. The van der Waals surface area contributed by atoms with E-state index >= 15 is 0 Å². The van der Waals surface area contributed by atoms with Gasteiger partial charge in [0.25, 0.3) is 0 Å². The van der Waals surface area contributed by atoms with E-state index in [0.717, 1.165) is 0 Å². The number of nitrogens with one attached hydrogen (secondary N) is 1. The molecule has 4 N–H and O–H groups in total. The third-order valence-electron chi connectivity index (χ3n) is 1.41. The molecule has 0 aliphatic rings. The molecule has 0 radical (unpaired) electrons. The van der Waals surface area contributed by atoms with Gasteiger partial charge in [-0.05, 0) is 6.92 Å². The number of aliphatic hydroxyl groups is 1. The van der Waals surface area contributed by atoms with Gasteiger partial charge >= 0.3 is 0 Å². The third kappa shape index (κ3) is 3.36. The molecule has 0 fully saturated rings. The summed E-state index contributed by atoms with van der Waals surface area (Å²) in [6.07, 6.45) is 0.642. The van der Waals surface area contributed by atoms with Crippen LogP contribution in [0.2, 0.25) is 0 Å². The molecule has 0 saturated carbocycles. The lowest BCUT2D eigenvalue weighted by atomic mass is 10.2. The maximum atomic E-state index is 10.7. The summed E-state index contributed by atoms with van der Waals surface area (Å²) < 4.78 is 0. The maximum Gasteiger partial charge on any atom is 0.239 e. The molecule has 5 heteroatoms. The minimum atomic E-state index is -0.829. The Balaban J connectivity index is 4.13. The van der Waals surface area contributed by atoms with Gasteiger partial charge in [-0.15, -0.1) is 0 Å². The van der Waals surface area contributed by atoms with Crippen molar-refractivity contribution in [2.45, 2.75) is 19.1 Å². The van der Waals surface area contributed by atoms with E-state index in [1.54, 1.807) is 7.05 Å². The van der Waals surface area contributed by atoms with Crippen LogP contribution in [0, 0.1) is 0 Å². The van der Waals surface area contributed by atoms with Crippen LogP contribution in [0.4, 0.5) is 0 Å². The number of carbonyl (C=O) groups excluding carboxylic acids is 1. The monoisotopic (exact) mass is 173 g/mol. The molecule has 0 unspecified atom stereocenters. The molecule has 0 spiro atoms. The quantitative estimate of drug-likeness (QED) is 0.456. The van der Waals surface area contributed by atoms with Gasteiger partial charge < -0.3 is 15.8 Å². The van der Waals surface area contributed by atoms with Crippen LogP contribution in [0.1, 0.15) is 6.92 Å². The van der Waals surface area contributed by atoms with E-state index in [4.69, 9.17) is 10.8 Å². The van der Waals surface area contributed by atoms with Crippen LogP contribution in [-0.4, -0.2) is 35.2 Å². The number of rotatable bonds is 5. The summed E-state index contributed by atoms with van der Waals surface area (Å²) in [5.74, 6) is -0.598. The summed E-state index contributed by atoms with van der Waals surface area (Å²) in [5.41, 5.74) is 7.67. The summed E-state index contributed by atoms with van der Waals surface area (Å²) in [7, 11) is 1.66. The van der Waals surface area contributed by atoms with Gasteiger partial charge in [0, 0.05) is 13.2 Å². The van der Waals surface area contributed by atoms with Gasteiger partial charge in [0.15, 0.2) is 0 Å². The molecule has 0 saturated heterocycles. The summed E-state index contributed by atoms with van der Waals surface area (Å²) in [5, 5.41) is 10.6. The first-order chi connectivity index (χ1) is 5.49. The minimum Gasteiger partial charge on any atom is -0.391 e. The Hall–Kier alpha value is -1.07. The van der Waals surface area contributed by atoms with Crippen LogP contribution >= 0.6 is 0 Å². The number of primary amides is 1. The standard InChI is InChI=1S/C7H15N3O2/c1-4-10(3)9-6(5(2)11)7(8)12/h4-6,9,11H,1H2,2-3H3,(H2,8,12)/t5-,6+/m1/s1. The fraction of sp³-hybridized carbons (Fsp3) is 0.571. The fourth-order valence-electron chi connectivity index (χ4n) is 0.681. The second kappa shape index (κ2) is 4.74. The number of hydrogen-bond donors (Lipinski definition) is 3. The van der Waals surface area contributed by atoms with Crippen LogP contribution in [0.5, 0.6) is 0 Å². The van der Waals surface area contributed by atoms with E-state index in [2.05, 4.69) is 12.0 Å². The molecule has 0 aliphatic carbocycles. The zero-order chi connectivity index (χ0) is 9.72. The van der Waals surface area contributed by atoms with E-state index in [1.807, 2.05) is 0 Å². The summed E-state index contributed by atoms with van der Waals surface area (Å²) in [4.78, 5) is 10.7. The van der Waals surface area contributed by atoms with Gasteiger partial charge in [0.2, 0.25) is 5.91 Å². The lowest BCUT2D eigenvalue weighted by molar-refractivity contribution is -0.123. The number of aliphatic hydroxyl groups excluding tert-OH is 1. The Morgan fingerprint density at radius 3 is 2.58 bits per heavy atom. The van der Waals surface area contributed by atoms with Gasteiger partial charge in [-0.2, -0.15) is 0 Å². The van der Waals surface area contributed by atoms with Gasteiger partial charge in [-0.3, -0.25) is 4.79 Å². The average Bonchev–Trinajstić information content (AvgIpc) is 1.98. The zero-order valence-corrected chi connectivity index (χ0v) is 7.32. The van der Waals surface area contributed by atoms with Gasteiger partial charge in [-0.25, -0.2) is 5.43 Å². The Morgan fingerprint density at radius 1 is 1.83 bits per heavy atom. The molecule has 70 valence electrons. The highest BCUT2D eigenvalue weighted by atomic mass is 16.3. The Morgan fingerprint density at radius 2 is 2.33 bits per heavy atom. The highest BCUT2D eigenvalue weighted by molar-refractivity contribution is 5.80. The number of hydrazine groups is 1. The summed E-state index contributed by atoms with van der Waals surface area (Å²) in [6, 6.07) is -0.784. The van der Waals surface area contributed by atoms with E-state index in [9.17, 15) is 4.79 Å². The first kappa shape index (κ1) is 10.9. The van der Waals surface area contributed by atoms with E-state index < -0.39 is 18.1 Å². The summed E-state index contributed by atoms with van der Waals surface area (Å²) >= 11 is 0. The van der Waals surface area contributed by atoms with E-state index in [0.29, 0.717) is 0 Å². The van der Waals surface area contributed by atoms with Crippen LogP contribution in [0.25, 0.3) is 0 Å². The molecule has 5 nitrogen and oxygen atoms in total. The van der Waals surface area contributed by atoms with Gasteiger partial charge in [-0.1, -0.05) is 6.58 Å². The molecule has 0 aromatic carbocycles. The van der Waals surface area contributed by atoms with Crippen molar-refractivity contribution in [2.24, 2.45) is 5.73 Å². The van der Waals surface area contributed by atoms with Crippen molar-refractivity contribution in [3.05, 3.63) is 12.8 Å². The Bertz CT molecular complexity index is 170. The molecule has 12 heavy (non-hydrogen) atoms. The summed E-state index contributed by atoms with van der Waals surface area (Å²) in [6.45, 7) is 4.95. The number of nitrogens with zero attached hydrogens (tertiary/aromatic N) is 1. The SMILES string of the molecule is C=CN(C)N[C@H](C(N)=O)[C@@H](C)O. The van der Waals surface area contributed by atoms with E-state index in [-0.39, 0.29) is 0 Å². The second-order valence-corrected chi connectivity index (χ2v) is 2.54. The first-order valence-electron chi connectivity index (χ1n) is 3.58. The zero-order valence-electron chi connectivity index (χ0n) is 7.32. The molecule has 1 amide bonds. The highest BCUT2D eigenvalue weighted by Gasteiger charge is 2.20. The van der Waals surface area contributed by atoms with Crippen LogP contribution in [0.3, 0.4) is 0 Å². The van der Waals surface area contributed by atoms with Gasteiger partial charge in [0.05, 0.1) is 6.10 Å². The molecule has 0 aromatic heterocycles. The lowest BCUT2D eigenvalue weighted by Gasteiger charge is -2.23. The van der Waals surface area contributed by atoms with Crippen LogP contribution in [0.15, 0.2) is 12.8 Å². The number of nitrogens with two attached hydrogens (primary N) is 1. The first-order valence-corrected chi connectivity index (χ1v) is 3.58. The second-order valence-electron chi connectivity index (χ2n) is 2.54. The molecule has 0 aliphatic heterocycles. The minimum absolute atomic E-state index is 0.598. The largest absolute Gasteiger partial charge is 0.391 e. The molecule has 0 bridgehead atoms. The van der Waals surface area contributed by atoms with E-state index in [1.165, 1.54) is 18.1 Å².